The number of likely N-dealkylation sites (tertiary alicyclic amines) is 1. The Morgan fingerprint density at radius 1 is 0.937 bits per heavy atom. The standard InChI is InChI=1S/C46H53N7O10/c1-49(2)38-23-30-31(24-47-38)43(57)50(3)25-32(30)28-21-36(60-4)33(37(22-28)61-5)26-51-16-14-46(15-17-51)27-52(18-20-63-46)40(55)11-6-7-19-62-35-10-8-9-29-41(35)45(59)53(44(29)58)34-12-13-39(54)48-42(34)56/h8-10,21-25,34H,6-7,11-20,26-27H2,1-5H3,(H,48,54,56). The molecule has 1 N–H and O–H groups in total. The topological polar surface area (TPSA) is 182 Å². The lowest BCUT2D eigenvalue weighted by atomic mass is 9.88. The van der Waals surface area contributed by atoms with Gasteiger partial charge in [-0.15, -0.1) is 0 Å². The number of nitrogens with one attached hydrogen (secondary N) is 1. The molecule has 1 unspecified atom stereocenters. The average Bonchev–Trinajstić information content (AvgIpc) is 3.54. The third-order valence-electron chi connectivity index (χ3n) is 12.7. The first-order valence-corrected chi connectivity index (χ1v) is 21.3. The highest BCUT2D eigenvalue weighted by Crippen LogP contribution is 2.40. The summed E-state index contributed by atoms with van der Waals surface area (Å²) >= 11 is 0. The van der Waals surface area contributed by atoms with Gasteiger partial charge in [-0.05, 0) is 68.0 Å². The Kier molecular flexibility index (Phi) is 12.2. The summed E-state index contributed by atoms with van der Waals surface area (Å²) in [5, 5.41) is 3.52. The van der Waals surface area contributed by atoms with Crippen LogP contribution in [-0.2, 0) is 32.7 Å². The molecule has 4 aliphatic rings. The fourth-order valence-corrected chi connectivity index (χ4v) is 9.14. The molecule has 6 heterocycles. The monoisotopic (exact) mass is 863 g/mol. The number of aromatic nitrogens is 2. The number of morpholine rings is 1. The summed E-state index contributed by atoms with van der Waals surface area (Å²) in [7, 11) is 8.85. The number of pyridine rings is 2. The molecular formula is C46H53N7O10. The number of hydrogen-bond acceptors (Lipinski definition) is 13. The van der Waals surface area contributed by atoms with Gasteiger partial charge in [0.05, 0.1) is 55.1 Å². The fourth-order valence-electron chi connectivity index (χ4n) is 9.14. The van der Waals surface area contributed by atoms with Crippen molar-refractivity contribution in [2.75, 3.05) is 72.6 Å². The quantitative estimate of drug-likeness (QED) is 0.153. The average molecular weight is 864 g/mol. The highest BCUT2D eigenvalue weighted by Gasteiger charge is 2.46. The molecule has 3 fully saturated rings. The van der Waals surface area contributed by atoms with E-state index in [4.69, 9.17) is 18.9 Å². The van der Waals surface area contributed by atoms with Gasteiger partial charge in [-0.1, -0.05) is 6.07 Å². The number of methoxy groups -OCH3 is 2. The highest BCUT2D eigenvalue weighted by molar-refractivity contribution is 6.24. The summed E-state index contributed by atoms with van der Waals surface area (Å²) in [4.78, 5) is 88.8. The van der Waals surface area contributed by atoms with E-state index in [-0.39, 0.29) is 47.8 Å². The zero-order chi connectivity index (χ0) is 44.6. The molecular weight excluding hydrogens is 811 g/mol. The van der Waals surface area contributed by atoms with Crippen molar-refractivity contribution in [3.63, 3.8) is 0 Å². The van der Waals surface area contributed by atoms with Gasteiger partial charge in [-0.25, -0.2) is 4.98 Å². The number of carbonyl (C=O) groups is 5. The normalized spacial score (nSPS) is 18.8. The van der Waals surface area contributed by atoms with Crippen LogP contribution >= 0.6 is 0 Å². The van der Waals surface area contributed by atoms with E-state index in [1.807, 2.05) is 48.3 Å². The van der Waals surface area contributed by atoms with Gasteiger partial charge in [-0.3, -0.25) is 43.9 Å². The number of carbonyl (C=O) groups excluding carboxylic acids is 5. The number of amides is 5. The van der Waals surface area contributed by atoms with Crippen molar-refractivity contribution in [2.24, 2.45) is 7.05 Å². The maximum atomic E-state index is 13.5. The summed E-state index contributed by atoms with van der Waals surface area (Å²) in [5.74, 6) is 0.0739. The Morgan fingerprint density at radius 3 is 2.38 bits per heavy atom. The number of fused-ring (bicyclic) bond motifs is 2. The number of nitrogens with zero attached hydrogens (tertiary/aromatic N) is 6. The maximum absolute atomic E-state index is 13.5. The Bertz CT molecular complexity index is 2520. The molecule has 63 heavy (non-hydrogen) atoms. The van der Waals surface area contributed by atoms with Crippen molar-refractivity contribution in [3.8, 4) is 28.4 Å². The van der Waals surface area contributed by atoms with Crippen LogP contribution in [0.3, 0.4) is 0 Å². The number of ether oxygens (including phenoxy) is 4. The van der Waals surface area contributed by atoms with Crippen LogP contribution in [-0.4, -0.2) is 133 Å². The number of benzene rings is 2. The van der Waals surface area contributed by atoms with Crippen LogP contribution in [0, 0.1) is 0 Å². The van der Waals surface area contributed by atoms with E-state index < -0.39 is 35.3 Å². The molecule has 4 aliphatic heterocycles. The van der Waals surface area contributed by atoms with Crippen molar-refractivity contribution in [3.05, 3.63) is 75.8 Å². The van der Waals surface area contributed by atoms with Crippen molar-refractivity contribution in [1.82, 2.24) is 29.6 Å². The number of rotatable bonds is 13. The second kappa shape index (κ2) is 17.8. The van der Waals surface area contributed by atoms with Crippen LogP contribution in [0.2, 0.25) is 0 Å². The lowest BCUT2D eigenvalue weighted by Crippen LogP contribution is -2.57. The van der Waals surface area contributed by atoms with Gasteiger partial charge in [0.25, 0.3) is 17.4 Å². The lowest BCUT2D eigenvalue weighted by molar-refractivity contribution is -0.159. The molecule has 0 aliphatic carbocycles. The van der Waals surface area contributed by atoms with Crippen LogP contribution in [0.15, 0.2) is 53.6 Å². The molecule has 0 bridgehead atoms. The molecule has 17 nitrogen and oxygen atoms in total. The molecule has 2 aromatic carbocycles. The molecule has 8 rings (SSSR count). The first kappa shape index (κ1) is 43.3. The van der Waals surface area contributed by atoms with Crippen LogP contribution in [0.1, 0.15) is 71.2 Å². The summed E-state index contributed by atoms with van der Waals surface area (Å²) in [6.45, 7) is 3.82. The van der Waals surface area contributed by atoms with E-state index in [0.29, 0.717) is 62.4 Å². The summed E-state index contributed by atoms with van der Waals surface area (Å²) in [6, 6.07) is 9.62. The second-order valence-corrected chi connectivity index (χ2v) is 16.9. The van der Waals surface area contributed by atoms with Crippen molar-refractivity contribution >= 4 is 46.1 Å². The smallest absolute Gasteiger partial charge is 0.266 e. The molecule has 0 saturated carbocycles. The molecule has 4 aromatic rings. The Labute approximate surface area is 364 Å². The molecule has 1 spiro atoms. The predicted octanol–water partition coefficient (Wildman–Crippen LogP) is 3.53. The summed E-state index contributed by atoms with van der Waals surface area (Å²) in [6.07, 6.45) is 6.52. The van der Waals surface area contributed by atoms with E-state index in [9.17, 15) is 28.8 Å². The first-order chi connectivity index (χ1) is 30.3. The maximum Gasteiger partial charge on any atom is 0.266 e. The van der Waals surface area contributed by atoms with Crippen LogP contribution in [0.4, 0.5) is 5.82 Å². The molecule has 2 aromatic heterocycles. The number of imide groups is 2. The van der Waals surface area contributed by atoms with Crippen LogP contribution < -0.4 is 30.0 Å². The van der Waals surface area contributed by atoms with E-state index >= 15 is 0 Å². The molecule has 3 saturated heterocycles. The van der Waals surface area contributed by atoms with Crippen molar-refractivity contribution in [2.45, 2.75) is 63.1 Å². The molecule has 17 heteroatoms. The zero-order valence-corrected chi connectivity index (χ0v) is 36.4. The third-order valence-corrected chi connectivity index (χ3v) is 12.7. The third kappa shape index (κ3) is 8.46. The summed E-state index contributed by atoms with van der Waals surface area (Å²) < 4.78 is 25.9. The number of hydrogen-bond donors (Lipinski definition) is 1. The van der Waals surface area contributed by atoms with Gasteiger partial charge < -0.3 is 33.3 Å². The first-order valence-electron chi connectivity index (χ1n) is 21.3. The van der Waals surface area contributed by atoms with Gasteiger partial charge in [0.1, 0.15) is 29.1 Å². The van der Waals surface area contributed by atoms with Crippen LogP contribution in [0.25, 0.3) is 21.9 Å². The fraction of sp³-hybridized carbons (Fsp3) is 0.457. The van der Waals surface area contributed by atoms with Crippen molar-refractivity contribution in [1.29, 1.82) is 0 Å². The largest absolute Gasteiger partial charge is 0.496 e. The molecule has 332 valence electrons. The van der Waals surface area contributed by atoms with Crippen LogP contribution in [0.5, 0.6) is 17.2 Å². The van der Waals surface area contributed by atoms with Gasteiger partial charge in [-0.2, -0.15) is 0 Å². The number of unbranched alkanes of at least 4 members (excludes halogenated alkanes) is 1. The number of aryl methyl sites for hydroxylation is 1. The minimum Gasteiger partial charge on any atom is -0.496 e. The summed E-state index contributed by atoms with van der Waals surface area (Å²) in [5.41, 5.74) is 2.32. The Morgan fingerprint density at radius 2 is 1.68 bits per heavy atom. The Hall–Kier alpha value is -6.33. The molecule has 5 amide bonds. The SMILES string of the molecule is COc1cc(-c2cn(C)c(=O)c3cnc(N(C)C)cc23)cc(OC)c1CN1CCC2(CC1)CN(C(=O)CCCCOc1cccc3c1C(=O)N(C1CCC(=O)NC1=O)C3=O)CCO2. The zero-order valence-electron chi connectivity index (χ0n) is 36.4. The van der Waals surface area contributed by atoms with E-state index in [2.05, 4.69) is 15.2 Å². The van der Waals surface area contributed by atoms with Gasteiger partial charge >= 0.3 is 0 Å². The van der Waals surface area contributed by atoms with Gasteiger partial charge in [0, 0.05) is 90.1 Å². The predicted molar refractivity (Wildman–Crippen MR) is 232 cm³/mol. The van der Waals surface area contributed by atoms with E-state index in [0.717, 1.165) is 58.7 Å². The van der Waals surface area contributed by atoms with Crippen molar-refractivity contribution < 1.29 is 42.9 Å². The minimum absolute atomic E-state index is 0.0383. The molecule has 1 atom stereocenters. The van der Waals surface area contributed by atoms with Gasteiger partial charge in [0.2, 0.25) is 17.7 Å². The minimum atomic E-state index is -1.06. The second-order valence-electron chi connectivity index (χ2n) is 16.9. The van der Waals surface area contributed by atoms with E-state index in [1.165, 1.54) is 6.07 Å². The highest BCUT2D eigenvalue weighted by atomic mass is 16.5. The Balaban J connectivity index is 0.851. The number of piperidine rings is 2. The lowest BCUT2D eigenvalue weighted by Gasteiger charge is -2.47. The van der Waals surface area contributed by atoms with Gasteiger partial charge in [0.15, 0.2) is 0 Å². The van der Waals surface area contributed by atoms with E-state index in [1.54, 1.807) is 44.2 Å². The molecule has 0 radical (unpaired) electrons. The number of anilines is 1.